The van der Waals surface area contributed by atoms with E-state index in [9.17, 15) is 14.4 Å². The van der Waals surface area contributed by atoms with Gasteiger partial charge in [0, 0.05) is 38.5 Å². The number of nitrogens with zero attached hydrogens (tertiary/aromatic N) is 3. The molecule has 2 N–H and O–H groups in total. The fraction of sp³-hybridized carbons (Fsp3) is 0.708. The molecule has 1 saturated carbocycles. The highest BCUT2D eigenvalue weighted by atomic mass is 16.7. The van der Waals surface area contributed by atoms with Crippen LogP contribution in [0.1, 0.15) is 51.0 Å². The van der Waals surface area contributed by atoms with Gasteiger partial charge >= 0.3 is 0 Å². The van der Waals surface area contributed by atoms with Crippen molar-refractivity contribution in [3.63, 3.8) is 0 Å². The van der Waals surface area contributed by atoms with E-state index in [1.165, 1.54) is 18.6 Å². The Hall–Kier alpha value is -2.59. The van der Waals surface area contributed by atoms with Gasteiger partial charge in [0.25, 0.3) is 5.91 Å². The Bertz CT molecular complexity index is 849. The van der Waals surface area contributed by atoms with Gasteiger partial charge in [0.15, 0.2) is 0 Å². The maximum Gasteiger partial charge on any atom is 0.272 e. The zero-order valence-electron chi connectivity index (χ0n) is 20.7. The molecule has 34 heavy (non-hydrogen) atoms. The van der Waals surface area contributed by atoms with Gasteiger partial charge in [0.2, 0.25) is 11.8 Å². The van der Waals surface area contributed by atoms with Gasteiger partial charge in [-0.05, 0) is 30.6 Å². The van der Waals surface area contributed by atoms with Crippen LogP contribution < -0.4 is 10.6 Å². The highest BCUT2D eigenvalue weighted by Gasteiger charge is 2.46. The molecular formula is C24H37N5O5. The van der Waals surface area contributed by atoms with Crippen LogP contribution in [0.4, 0.5) is 0 Å². The molecule has 10 nitrogen and oxygen atoms in total. The lowest BCUT2D eigenvalue weighted by Crippen LogP contribution is -2.57. The van der Waals surface area contributed by atoms with Crippen molar-refractivity contribution < 1.29 is 23.9 Å². The fourth-order valence-electron chi connectivity index (χ4n) is 4.88. The number of carbonyl (C=O) groups excluding carboxylic acids is 3. The maximum atomic E-state index is 13.5. The van der Waals surface area contributed by atoms with Crippen LogP contribution in [0.3, 0.4) is 0 Å². The van der Waals surface area contributed by atoms with Gasteiger partial charge in [-0.25, -0.2) is 4.98 Å². The van der Waals surface area contributed by atoms with Crippen LogP contribution in [0.25, 0.3) is 0 Å². The van der Waals surface area contributed by atoms with Crippen LogP contribution >= 0.6 is 0 Å². The molecule has 5 atom stereocenters. The van der Waals surface area contributed by atoms with E-state index in [1.54, 1.807) is 7.11 Å². The summed E-state index contributed by atoms with van der Waals surface area (Å²) in [4.78, 5) is 48.9. The van der Waals surface area contributed by atoms with E-state index in [0.717, 1.165) is 12.8 Å². The summed E-state index contributed by atoms with van der Waals surface area (Å²) in [5, 5.41) is 5.65. The fourth-order valence-corrected chi connectivity index (χ4v) is 4.88. The second-order valence-corrected chi connectivity index (χ2v) is 9.87. The topological polar surface area (TPSA) is 123 Å². The minimum Gasteiger partial charge on any atom is -0.359 e. The standard InChI is InChI=1S/C24H37N5O5/c1-14(2)20(27-22(30)18-10-25-8-9-26-18)23(31)28-21(15(3)4)24(32)29-11-16-6-7-19(17(16)12-29)34-13-33-5/h8-10,14-17,19-21H,6-7,11-13H2,1-5H3,(H,27,30)(H,28,31)/t16-,17+,19-,20-,21+/m1/s1. The molecule has 1 saturated heterocycles. The number of carbonyl (C=O) groups is 3. The number of aromatic nitrogens is 2. The van der Waals surface area contributed by atoms with Crippen molar-refractivity contribution in [3.8, 4) is 0 Å². The molecule has 0 spiro atoms. The minimum atomic E-state index is -0.812. The lowest BCUT2D eigenvalue weighted by molar-refractivity contribution is -0.138. The molecule has 0 bridgehead atoms. The third-order valence-electron chi connectivity index (χ3n) is 6.76. The van der Waals surface area contributed by atoms with Crippen molar-refractivity contribution in [2.45, 2.75) is 58.7 Å². The Morgan fingerprint density at radius 3 is 2.41 bits per heavy atom. The predicted molar refractivity (Wildman–Crippen MR) is 124 cm³/mol. The molecule has 1 aromatic rings. The van der Waals surface area contributed by atoms with Crippen LogP contribution in [0.2, 0.25) is 0 Å². The second kappa shape index (κ2) is 11.7. The monoisotopic (exact) mass is 475 g/mol. The molecule has 0 radical (unpaired) electrons. The molecule has 10 heteroatoms. The zero-order valence-corrected chi connectivity index (χ0v) is 20.7. The van der Waals surface area contributed by atoms with Gasteiger partial charge in [-0.1, -0.05) is 27.7 Å². The first kappa shape index (κ1) is 26.0. The number of likely N-dealkylation sites (tertiary alicyclic amines) is 1. The largest absolute Gasteiger partial charge is 0.359 e. The van der Waals surface area contributed by atoms with E-state index < -0.39 is 18.0 Å². The van der Waals surface area contributed by atoms with Crippen molar-refractivity contribution >= 4 is 17.7 Å². The first-order chi connectivity index (χ1) is 16.2. The summed E-state index contributed by atoms with van der Waals surface area (Å²) in [5.41, 5.74) is 0.131. The highest BCUT2D eigenvalue weighted by Crippen LogP contribution is 2.40. The number of methoxy groups -OCH3 is 1. The van der Waals surface area contributed by atoms with E-state index in [4.69, 9.17) is 9.47 Å². The molecule has 1 aromatic heterocycles. The number of hydrogen-bond acceptors (Lipinski definition) is 7. The van der Waals surface area contributed by atoms with Crippen LogP contribution in [0.5, 0.6) is 0 Å². The minimum absolute atomic E-state index is 0.0917. The van der Waals surface area contributed by atoms with Gasteiger partial charge in [0.05, 0.1) is 12.3 Å². The maximum absolute atomic E-state index is 13.5. The van der Waals surface area contributed by atoms with Gasteiger partial charge < -0.3 is 25.0 Å². The summed E-state index contributed by atoms with van der Waals surface area (Å²) in [6.07, 6.45) is 6.33. The van der Waals surface area contributed by atoms with Crippen molar-refractivity contribution in [1.29, 1.82) is 0 Å². The Kier molecular flexibility index (Phi) is 8.96. The van der Waals surface area contributed by atoms with Gasteiger partial charge in [-0.15, -0.1) is 0 Å². The summed E-state index contributed by atoms with van der Waals surface area (Å²) >= 11 is 0. The van der Waals surface area contributed by atoms with E-state index in [-0.39, 0.29) is 48.2 Å². The molecule has 2 aliphatic rings. The second-order valence-electron chi connectivity index (χ2n) is 9.87. The number of hydrogen-bond donors (Lipinski definition) is 2. The number of fused-ring (bicyclic) bond motifs is 1. The van der Waals surface area contributed by atoms with Crippen LogP contribution in [-0.4, -0.2) is 77.8 Å². The van der Waals surface area contributed by atoms with E-state index in [0.29, 0.717) is 19.0 Å². The third-order valence-corrected chi connectivity index (χ3v) is 6.76. The summed E-state index contributed by atoms with van der Waals surface area (Å²) in [6, 6.07) is -1.49. The molecule has 1 aliphatic carbocycles. The van der Waals surface area contributed by atoms with Crippen LogP contribution in [-0.2, 0) is 19.1 Å². The molecule has 1 aliphatic heterocycles. The molecule has 0 unspecified atom stereocenters. The lowest BCUT2D eigenvalue weighted by Gasteiger charge is -2.30. The molecule has 2 heterocycles. The van der Waals surface area contributed by atoms with E-state index >= 15 is 0 Å². The molecule has 2 fully saturated rings. The summed E-state index contributed by atoms with van der Waals surface area (Å²) in [7, 11) is 1.60. The Labute approximate surface area is 201 Å². The predicted octanol–water partition coefficient (Wildman–Crippen LogP) is 1.23. The van der Waals surface area contributed by atoms with Crippen molar-refractivity contribution in [3.05, 3.63) is 24.3 Å². The Morgan fingerprint density at radius 1 is 1.06 bits per heavy atom. The van der Waals surface area contributed by atoms with Crippen LogP contribution in [0.15, 0.2) is 18.6 Å². The third kappa shape index (κ3) is 6.09. The first-order valence-corrected chi connectivity index (χ1v) is 12.0. The molecule has 0 aromatic carbocycles. The van der Waals surface area contributed by atoms with E-state index in [2.05, 4.69) is 20.6 Å². The van der Waals surface area contributed by atoms with Crippen molar-refractivity contribution in [1.82, 2.24) is 25.5 Å². The van der Waals surface area contributed by atoms with Crippen LogP contribution in [0, 0.1) is 23.7 Å². The average Bonchev–Trinajstić information content (AvgIpc) is 3.40. The Morgan fingerprint density at radius 2 is 1.79 bits per heavy atom. The van der Waals surface area contributed by atoms with Crippen molar-refractivity contribution in [2.75, 3.05) is 27.0 Å². The van der Waals surface area contributed by atoms with Gasteiger partial charge in [-0.3, -0.25) is 19.4 Å². The SMILES string of the molecule is COCO[C@@H]1CC[C@@H]2CN(C(=O)[C@@H](NC(=O)[C@H](NC(=O)c3cnccn3)C(C)C)C(C)C)C[C@@H]21. The average molecular weight is 476 g/mol. The number of amides is 3. The molecule has 3 rings (SSSR count). The molecule has 3 amide bonds. The molecular weight excluding hydrogens is 438 g/mol. The van der Waals surface area contributed by atoms with E-state index in [1.807, 2.05) is 32.6 Å². The quantitative estimate of drug-likeness (QED) is 0.488. The lowest BCUT2D eigenvalue weighted by atomic mass is 9.99. The summed E-state index contributed by atoms with van der Waals surface area (Å²) in [5.74, 6) is -0.564. The summed E-state index contributed by atoms with van der Waals surface area (Å²) < 4.78 is 10.9. The van der Waals surface area contributed by atoms with Gasteiger partial charge in [0.1, 0.15) is 24.6 Å². The smallest absolute Gasteiger partial charge is 0.272 e. The first-order valence-electron chi connectivity index (χ1n) is 12.0. The van der Waals surface area contributed by atoms with Crippen molar-refractivity contribution in [2.24, 2.45) is 23.7 Å². The Balaban J connectivity index is 1.64. The molecule has 188 valence electrons. The normalized spacial score (nSPS) is 23.6. The number of nitrogens with one attached hydrogen (secondary N) is 2. The summed E-state index contributed by atoms with van der Waals surface area (Å²) in [6.45, 7) is 9.05. The highest BCUT2D eigenvalue weighted by molar-refractivity contribution is 5.97. The number of rotatable bonds is 10. The zero-order chi connectivity index (χ0) is 24.8. The number of ether oxygens (including phenoxy) is 2. The van der Waals surface area contributed by atoms with Gasteiger partial charge in [-0.2, -0.15) is 0 Å².